The summed E-state index contributed by atoms with van der Waals surface area (Å²) >= 11 is 0. The van der Waals surface area contributed by atoms with Crippen molar-refractivity contribution in [2.24, 2.45) is 13.0 Å². The van der Waals surface area contributed by atoms with Crippen molar-refractivity contribution in [2.75, 3.05) is 12.0 Å². The highest BCUT2D eigenvalue weighted by Crippen LogP contribution is 2.40. The highest BCUT2D eigenvalue weighted by molar-refractivity contribution is 5.50. The number of hydrogen-bond donors (Lipinski definition) is 0. The SMILES string of the molecule is COc1ccc(N(Cc2nnc(C3CC3)n2C)[C@@H](C)C2CC2)cc1. The Kier molecular flexibility index (Phi) is 3.94. The molecule has 1 atom stereocenters. The van der Waals surface area contributed by atoms with Crippen LogP contribution in [0.15, 0.2) is 24.3 Å². The van der Waals surface area contributed by atoms with Crippen molar-refractivity contribution in [3.8, 4) is 5.75 Å². The smallest absolute Gasteiger partial charge is 0.152 e. The summed E-state index contributed by atoms with van der Waals surface area (Å²) in [6, 6.07) is 8.88. The number of hydrogen-bond acceptors (Lipinski definition) is 4. The Bertz CT molecular complexity index is 701. The first kappa shape index (κ1) is 15.5. The van der Waals surface area contributed by atoms with Crippen LogP contribution in [0.1, 0.15) is 50.2 Å². The zero-order valence-electron chi connectivity index (χ0n) is 14.8. The molecule has 128 valence electrons. The van der Waals surface area contributed by atoms with Gasteiger partial charge in [0.2, 0.25) is 0 Å². The van der Waals surface area contributed by atoms with Crippen molar-refractivity contribution in [3.63, 3.8) is 0 Å². The summed E-state index contributed by atoms with van der Waals surface area (Å²) in [5.41, 5.74) is 1.23. The van der Waals surface area contributed by atoms with E-state index in [1.54, 1.807) is 7.11 Å². The molecule has 4 rings (SSSR count). The molecular weight excluding hydrogens is 300 g/mol. The standard InChI is InChI=1S/C19H26N4O/c1-13(14-4-5-14)23(16-8-10-17(24-3)11-9-16)12-18-20-21-19(22(18)2)15-6-7-15/h8-11,13-15H,4-7,12H2,1-3H3/t13-/m0/s1. The minimum atomic E-state index is 0.513. The van der Waals surface area contributed by atoms with Crippen LogP contribution in [0.4, 0.5) is 5.69 Å². The molecule has 0 aliphatic heterocycles. The molecule has 5 heteroatoms. The Morgan fingerprint density at radius 2 is 1.88 bits per heavy atom. The molecule has 0 unspecified atom stereocenters. The summed E-state index contributed by atoms with van der Waals surface area (Å²) in [5.74, 6) is 4.53. The lowest BCUT2D eigenvalue weighted by atomic mass is 10.1. The largest absolute Gasteiger partial charge is 0.497 e. The lowest BCUT2D eigenvalue weighted by molar-refractivity contribution is 0.414. The number of rotatable bonds is 7. The van der Waals surface area contributed by atoms with Gasteiger partial charge in [-0.1, -0.05) is 0 Å². The van der Waals surface area contributed by atoms with Crippen molar-refractivity contribution in [1.82, 2.24) is 14.8 Å². The molecule has 0 amide bonds. The molecule has 1 heterocycles. The number of anilines is 1. The van der Waals surface area contributed by atoms with E-state index in [-0.39, 0.29) is 0 Å². The second-order valence-corrected chi connectivity index (χ2v) is 7.21. The third kappa shape index (κ3) is 2.99. The Balaban J connectivity index is 1.59. The third-order valence-electron chi connectivity index (χ3n) is 5.45. The van der Waals surface area contributed by atoms with E-state index in [0.29, 0.717) is 12.0 Å². The number of ether oxygens (including phenoxy) is 1. The summed E-state index contributed by atoms with van der Waals surface area (Å²) < 4.78 is 7.50. The quantitative estimate of drug-likeness (QED) is 0.781. The average Bonchev–Trinajstić information content (AvgIpc) is 3.51. The van der Waals surface area contributed by atoms with Crippen molar-refractivity contribution in [2.45, 2.75) is 51.1 Å². The average molecular weight is 326 g/mol. The van der Waals surface area contributed by atoms with E-state index in [4.69, 9.17) is 4.74 Å². The van der Waals surface area contributed by atoms with Gasteiger partial charge >= 0.3 is 0 Å². The first-order valence-corrected chi connectivity index (χ1v) is 8.96. The minimum absolute atomic E-state index is 0.513. The normalized spacial score (nSPS) is 18.5. The fourth-order valence-electron chi connectivity index (χ4n) is 3.44. The summed E-state index contributed by atoms with van der Waals surface area (Å²) in [4.78, 5) is 2.47. The summed E-state index contributed by atoms with van der Waals surface area (Å²) in [6.45, 7) is 3.14. The Labute approximate surface area is 143 Å². The molecule has 2 aromatic rings. The molecule has 2 aliphatic carbocycles. The maximum Gasteiger partial charge on any atom is 0.152 e. The molecule has 0 radical (unpaired) electrons. The lowest BCUT2D eigenvalue weighted by Gasteiger charge is -2.31. The van der Waals surface area contributed by atoms with Gasteiger partial charge in [0.15, 0.2) is 5.82 Å². The summed E-state index contributed by atoms with van der Waals surface area (Å²) in [5, 5.41) is 8.92. The van der Waals surface area contributed by atoms with Gasteiger partial charge in [0, 0.05) is 24.7 Å². The van der Waals surface area contributed by atoms with E-state index in [0.717, 1.165) is 29.9 Å². The van der Waals surface area contributed by atoms with Crippen molar-refractivity contribution in [3.05, 3.63) is 35.9 Å². The molecule has 5 nitrogen and oxygen atoms in total. The van der Waals surface area contributed by atoms with E-state index in [1.807, 2.05) is 12.1 Å². The van der Waals surface area contributed by atoms with Crippen LogP contribution in [0.3, 0.4) is 0 Å². The lowest BCUT2D eigenvalue weighted by Crippen LogP contribution is -2.35. The minimum Gasteiger partial charge on any atom is -0.497 e. The fraction of sp³-hybridized carbons (Fsp3) is 0.579. The van der Waals surface area contributed by atoms with Crippen molar-refractivity contribution >= 4 is 5.69 Å². The highest BCUT2D eigenvalue weighted by atomic mass is 16.5. The van der Waals surface area contributed by atoms with Crippen LogP contribution in [0, 0.1) is 5.92 Å². The molecule has 0 spiro atoms. The molecular formula is C19H26N4O. The first-order chi connectivity index (χ1) is 11.7. The summed E-state index contributed by atoms with van der Waals surface area (Å²) in [6.07, 6.45) is 5.18. The molecule has 2 fully saturated rings. The van der Waals surface area contributed by atoms with Gasteiger partial charge in [-0.25, -0.2) is 0 Å². The van der Waals surface area contributed by atoms with E-state index in [2.05, 4.69) is 45.8 Å². The monoisotopic (exact) mass is 326 g/mol. The maximum absolute atomic E-state index is 5.30. The maximum atomic E-state index is 5.30. The Morgan fingerprint density at radius 3 is 2.46 bits per heavy atom. The van der Waals surface area contributed by atoms with Crippen LogP contribution in [0.2, 0.25) is 0 Å². The molecule has 1 aromatic carbocycles. The van der Waals surface area contributed by atoms with Crippen molar-refractivity contribution < 1.29 is 4.74 Å². The topological polar surface area (TPSA) is 43.2 Å². The van der Waals surface area contributed by atoms with Gasteiger partial charge in [0.1, 0.15) is 11.6 Å². The van der Waals surface area contributed by atoms with E-state index >= 15 is 0 Å². The molecule has 2 saturated carbocycles. The third-order valence-corrected chi connectivity index (χ3v) is 5.45. The zero-order valence-corrected chi connectivity index (χ0v) is 14.8. The number of aromatic nitrogens is 3. The predicted molar refractivity (Wildman–Crippen MR) is 94.3 cm³/mol. The number of nitrogens with zero attached hydrogens (tertiary/aromatic N) is 4. The first-order valence-electron chi connectivity index (χ1n) is 8.96. The number of methoxy groups -OCH3 is 1. The van der Waals surface area contributed by atoms with Crippen LogP contribution in [0.25, 0.3) is 0 Å². The van der Waals surface area contributed by atoms with Gasteiger partial charge in [-0.05, 0) is 62.8 Å². The van der Waals surface area contributed by atoms with E-state index in [1.165, 1.54) is 31.4 Å². The van der Waals surface area contributed by atoms with Crippen LogP contribution in [-0.2, 0) is 13.6 Å². The second kappa shape index (κ2) is 6.11. The van der Waals surface area contributed by atoms with Gasteiger partial charge in [0.25, 0.3) is 0 Å². The predicted octanol–water partition coefficient (Wildman–Crippen LogP) is 3.51. The molecule has 1 aromatic heterocycles. The van der Waals surface area contributed by atoms with E-state index in [9.17, 15) is 0 Å². The highest BCUT2D eigenvalue weighted by Gasteiger charge is 2.34. The van der Waals surface area contributed by atoms with Crippen LogP contribution < -0.4 is 9.64 Å². The molecule has 2 aliphatic rings. The Morgan fingerprint density at radius 1 is 1.17 bits per heavy atom. The molecule has 0 saturated heterocycles. The molecule has 0 bridgehead atoms. The van der Waals surface area contributed by atoms with Gasteiger partial charge in [-0.3, -0.25) is 0 Å². The van der Waals surface area contributed by atoms with E-state index < -0.39 is 0 Å². The van der Waals surface area contributed by atoms with Crippen LogP contribution in [0.5, 0.6) is 5.75 Å². The second-order valence-electron chi connectivity index (χ2n) is 7.21. The van der Waals surface area contributed by atoms with Crippen LogP contribution in [-0.4, -0.2) is 27.9 Å². The molecule has 24 heavy (non-hydrogen) atoms. The summed E-state index contributed by atoms with van der Waals surface area (Å²) in [7, 11) is 3.82. The fourth-order valence-corrected chi connectivity index (χ4v) is 3.44. The van der Waals surface area contributed by atoms with Gasteiger partial charge in [-0.15, -0.1) is 10.2 Å². The van der Waals surface area contributed by atoms with Crippen LogP contribution >= 0.6 is 0 Å². The van der Waals surface area contributed by atoms with Gasteiger partial charge < -0.3 is 14.2 Å². The van der Waals surface area contributed by atoms with Gasteiger partial charge in [0.05, 0.1) is 13.7 Å². The van der Waals surface area contributed by atoms with Crippen molar-refractivity contribution in [1.29, 1.82) is 0 Å². The Hall–Kier alpha value is -2.04. The number of benzene rings is 1. The zero-order chi connectivity index (χ0) is 16.7. The van der Waals surface area contributed by atoms with Gasteiger partial charge in [-0.2, -0.15) is 0 Å². The molecule has 0 N–H and O–H groups in total.